The molecule has 182 valence electrons. The highest BCUT2D eigenvalue weighted by Crippen LogP contribution is 2.30. The van der Waals surface area contributed by atoms with E-state index in [4.69, 9.17) is 24.2 Å². The van der Waals surface area contributed by atoms with E-state index in [0.717, 1.165) is 34.4 Å². The van der Waals surface area contributed by atoms with E-state index >= 15 is 0 Å². The van der Waals surface area contributed by atoms with Crippen LogP contribution in [0.25, 0.3) is 16.7 Å². The Balaban J connectivity index is 1.28. The molecule has 6 rings (SSSR count). The van der Waals surface area contributed by atoms with Crippen LogP contribution in [0.3, 0.4) is 0 Å². The lowest BCUT2D eigenvalue weighted by Crippen LogP contribution is -2.34. The molecule has 0 aromatic carbocycles. The lowest BCUT2D eigenvalue weighted by molar-refractivity contribution is 0.0930. The van der Waals surface area contributed by atoms with Crippen molar-refractivity contribution in [3.63, 3.8) is 0 Å². The van der Waals surface area contributed by atoms with E-state index in [0.29, 0.717) is 50.1 Å². The number of nitrogens with zero attached hydrogens (tertiary/aromatic N) is 5. The SMILES string of the molecule is Cn1cc(-n2ccc3nc(Cc4cc(C(=O)N[C@@H]5CCOC5)cs4)nc(O[C@H]4CCOC4)c32)cn1. The molecule has 0 saturated carbocycles. The van der Waals surface area contributed by atoms with Gasteiger partial charge in [0.25, 0.3) is 5.91 Å². The second-order valence-electron chi connectivity index (χ2n) is 8.85. The number of nitrogens with one attached hydrogen (secondary N) is 1. The average molecular weight is 495 g/mol. The van der Waals surface area contributed by atoms with E-state index in [2.05, 4.69) is 10.4 Å². The highest BCUT2D eigenvalue weighted by molar-refractivity contribution is 7.10. The molecule has 0 bridgehead atoms. The third kappa shape index (κ3) is 4.66. The number of ether oxygens (including phenoxy) is 3. The first-order chi connectivity index (χ1) is 17.1. The number of hydrogen-bond donors (Lipinski definition) is 1. The Morgan fingerprint density at radius 3 is 2.91 bits per heavy atom. The summed E-state index contributed by atoms with van der Waals surface area (Å²) >= 11 is 1.53. The highest BCUT2D eigenvalue weighted by atomic mass is 32.1. The Hall–Kier alpha value is -3.28. The fraction of sp³-hybridized carbons (Fsp3) is 0.417. The van der Waals surface area contributed by atoms with Crippen molar-refractivity contribution in [2.75, 3.05) is 26.4 Å². The summed E-state index contributed by atoms with van der Waals surface area (Å²) in [5.41, 5.74) is 3.16. The number of hydrogen-bond acceptors (Lipinski definition) is 8. The first-order valence-electron chi connectivity index (χ1n) is 11.7. The maximum Gasteiger partial charge on any atom is 0.252 e. The predicted octanol–water partition coefficient (Wildman–Crippen LogP) is 2.49. The average Bonchev–Trinajstić information content (AvgIpc) is 3.65. The summed E-state index contributed by atoms with van der Waals surface area (Å²) in [6.45, 7) is 2.50. The van der Waals surface area contributed by atoms with Gasteiger partial charge < -0.3 is 24.1 Å². The van der Waals surface area contributed by atoms with E-state index in [-0.39, 0.29) is 18.1 Å². The van der Waals surface area contributed by atoms with Gasteiger partial charge in [-0.2, -0.15) is 10.1 Å². The molecule has 2 aliphatic rings. The van der Waals surface area contributed by atoms with Crippen molar-refractivity contribution < 1.29 is 19.0 Å². The van der Waals surface area contributed by atoms with E-state index in [1.54, 1.807) is 10.9 Å². The quantitative estimate of drug-likeness (QED) is 0.421. The van der Waals surface area contributed by atoms with E-state index in [1.807, 2.05) is 41.5 Å². The van der Waals surface area contributed by atoms with Gasteiger partial charge in [0.2, 0.25) is 5.88 Å². The third-order valence-electron chi connectivity index (χ3n) is 6.20. The van der Waals surface area contributed by atoms with Crippen LogP contribution in [0.5, 0.6) is 5.88 Å². The second kappa shape index (κ2) is 9.40. The molecule has 1 N–H and O–H groups in total. The molecule has 2 fully saturated rings. The number of aromatic nitrogens is 5. The van der Waals surface area contributed by atoms with Crippen LogP contribution in [0.15, 0.2) is 36.1 Å². The molecule has 35 heavy (non-hydrogen) atoms. The molecular formula is C24H26N6O4S. The summed E-state index contributed by atoms with van der Waals surface area (Å²) < 4.78 is 20.9. The van der Waals surface area contributed by atoms with Gasteiger partial charge in [-0.1, -0.05) is 0 Å². The lowest BCUT2D eigenvalue weighted by Gasteiger charge is -2.14. The van der Waals surface area contributed by atoms with Crippen LogP contribution in [0.4, 0.5) is 0 Å². The minimum Gasteiger partial charge on any atom is -0.470 e. The summed E-state index contributed by atoms with van der Waals surface area (Å²) in [4.78, 5) is 23.2. The van der Waals surface area contributed by atoms with Gasteiger partial charge in [0, 0.05) is 49.1 Å². The standard InChI is InChI=1S/C24H26N6O4S/c1-29-11-17(10-25-29)30-5-2-20-22(30)24(34-18-4-7-33-13-18)28-21(27-20)9-19-8-15(14-35-19)23(31)26-16-3-6-32-12-16/h2,5,8,10-11,14,16,18H,3-4,6-7,9,12-13H2,1H3,(H,26,31)/t16-,18+/m1/s1. The second-order valence-corrected chi connectivity index (χ2v) is 9.85. The van der Waals surface area contributed by atoms with Crippen LogP contribution in [0.2, 0.25) is 0 Å². The van der Waals surface area contributed by atoms with Crippen LogP contribution in [-0.2, 0) is 22.9 Å². The van der Waals surface area contributed by atoms with Crippen molar-refractivity contribution in [3.8, 4) is 11.6 Å². The zero-order chi connectivity index (χ0) is 23.8. The molecule has 6 heterocycles. The molecule has 2 aliphatic heterocycles. The zero-order valence-electron chi connectivity index (χ0n) is 19.3. The first kappa shape index (κ1) is 22.2. The van der Waals surface area contributed by atoms with Crippen molar-refractivity contribution >= 4 is 28.3 Å². The van der Waals surface area contributed by atoms with Crippen molar-refractivity contribution in [2.45, 2.75) is 31.4 Å². The Morgan fingerprint density at radius 1 is 1.26 bits per heavy atom. The van der Waals surface area contributed by atoms with Gasteiger partial charge in [-0.25, -0.2) is 4.98 Å². The summed E-state index contributed by atoms with van der Waals surface area (Å²) in [6.07, 6.45) is 7.83. The molecule has 0 radical (unpaired) electrons. The normalized spacial score (nSPS) is 20.0. The first-order valence-corrected chi connectivity index (χ1v) is 12.6. The highest BCUT2D eigenvalue weighted by Gasteiger charge is 2.23. The van der Waals surface area contributed by atoms with Crippen LogP contribution >= 0.6 is 11.3 Å². The number of aryl methyl sites for hydroxylation is 1. The number of carbonyl (C=O) groups excluding carboxylic acids is 1. The van der Waals surface area contributed by atoms with Gasteiger partial charge in [-0.15, -0.1) is 11.3 Å². The maximum absolute atomic E-state index is 12.6. The summed E-state index contributed by atoms with van der Waals surface area (Å²) in [5, 5.41) is 9.21. The molecule has 0 aliphatic carbocycles. The van der Waals surface area contributed by atoms with Crippen LogP contribution < -0.4 is 10.1 Å². The summed E-state index contributed by atoms with van der Waals surface area (Å²) in [5.74, 6) is 1.11. The zero-order valence-corrected chi connectivity index (χ0v) is 20.2. The number of rotatable bonds is 7. The van der Waals surface area contributed by atoms with E-state index in [9.17, 15) is 4.79 Å². The van der Waals surface area contributed by atoms with Gasteiger partial charge in [0.1, 0.15) is 17.4 Å². The smallest absolute Gasteiger partial charge is 0.252 e. The molecule has 4 aromatic heterocycles. The maximum atomic E-state index is 12.6. The van der Waals surface area contributed by atoms with Gasteiger partial charge >= 0.3 is 0 Å². The molecule has 2 atom stereocenters. The molecule has 2 saturated heterocycles. The van der Waals surface area contributed by atoms with Crippen molar-refractivity contribution in [3.05, 3.63) is 52.4 Å². The van der Waals surface area contributed by atoms with E-state index in [1.165, 1.54) is 11.3 Å². The number of thiophene rings is 1. The molecule has 1 amide bonds. The van der Waals surface area contributed by atoms with Crippen molar-refractivity contribution in [1.29, 1.82) is 0 Å². The molecule has 0 spiro atoms. The van der Waals surface area contributed by atoms with Crippen LogP contribution in [0.1, 0.15) is 33.9 Å². The van der Waals surface area contributed by atoms with Gasteiger partial charge in [-0.05, 0) is 18.6 Å². The van der Waals surface area contributed by atoms with Gasteiger partial charge in [-0.3, -0.25) is 9.48 Å². The Kier molecular flexibility index (Phi) is 5.96. The minimum atomic E-state index is -0.0711. The fourth-order valence-electron chi connectivity index (χ4n) is 4.40. The Labute approximate surface area is 205 Å². The molecule has 4 aromatic rings. The molecule has 11 heteroatoms. The van der Waals surface area contributed by atoms with Gasteiger partial charge in [0.05, 0.1) is 48.8 Å². The monoisotopic (exact) mass is 494 g/mol. The van der Waals surface area contributed by atoms with Crippen molar-refractivity contribution in [2.24, 2.45) is 7.05 Å². The Morgan fingerprint density at radius 2 is 2.14 bits per heavy atom. The number of carbonyl (C=O) groups is 1. The largest absolute Gasteiger partial charge is 0.470 e. The third-order valence-corrected chi connectivity index (χ3v) is 7.13. The van der Waals surface area contributed by atoms with Crippen LogP contribution in [0, 0.1) is 0 Å². The van der Waals surface area contributed by atoms with Gasteiger partial charge in [0.15, 0.2) is 0 Å². The topological polar surface area (TPSA) is 105 Å². The number of fused-ring (bicyclic) bond motifs is 1. The summed E-state index contributed by atoms with van der Waals surface area (Å²) in [6, 6.07) is 3.96. The van der Waals surface area contributed by atoms with Crippen molar-refractivity contribution in [1.82, 2.24) is 29.6 Å². The molecule has 10 nitrogen and oxygen atoms in total. The number of amides is 1. The van der Waals surface area contributed by atoms with E-state index < -0.39 is 0 Å². The Bertz CT molecular complexity index is 1350. The minimum absolute atomic E-state index is 0.0465. The summed E-state index contributed by atoms with van der Waals surface area (Å²) in [7, 11) is 1.88. The predicted molar refractivity (Wildman–Crippen MR) is 129 cm³/mol. The molecule has 0 unspecified atom stereocenters. The van der Waals surface area contributed by atoms with Crippen LogP contribution in [-0.4, -0.2) is 68.8 Å². The molecular weight excluding hydrogens is 468 g/mol. The fourth-order valence-corrected chi connectivity index (χ4v) is 5.26. The lowest BCUT2D eigenvalue weighted by atomic mass is 10.2.